The highest BCUT2D eigenvalue weighted by molar-refractivity contribution is 14.1. The predicted octanol–water partition coefficient (Wildman–Crippen LogP) is 4.66. The fraction of sp³-hybridized carbons (Fsp3) is 0.333. The zero-order valence-electron chi connectivity index (χ0n) is 11.8. The van der Waals surface area contributed by atoms with Crippen molar-refractivity contribution in [1.29, 1.82) is 0 Å². The Morgan fingerprint density at radius 1 is 1.20 bits per heavy atom. The molecule has 0 bridgehead atoms. The summed E-state index contributed by atoms with van der Waals surface area (Å²) in [4.78, 5) is 9.13. The molecule has 1 heterocycles. The van der Waals surface area contributed by atoms with Crippen LogP contribution < -0.4 is 5.73 Å². The lowest BCUT2D eigenvalue weighted by Crippen LogP contribution is -2.05. The maximum Gasteiger partial charge on any atom is 0.161 e. The first-order chi connectivity index (χ1) is 9.43. The van der Waals surface area contributed by atoms with Crippen LogP contribution >= 0.6 is 38.5 Å². The summed E-state index contributed by atoms with van der Waals surface area (Å²) >= 11 is 5.81. The minimum Gasteiger partial charge on any atom is -0.383 e. The summed E-state index contributed by atoms with van der Waals surface area (Å²) in [5, 5.41) is 0. The number of rotatable bonds is 3. The van der Waals surface area contributed by atoms with E-state index >= 15 is 0 Å². The molecule has 2 aromatic rings. The van der Waals surface area contributed by atoms with Gasteiger partial charge < -0.3 is 5.73 Å². The van der Waals surface area contributed by atoms with E-state index in [0.717, 1.165) is 32.1 Å². The summed E-state index contributed by atoms with van der Waals surface area (Å²) in [6, 6.07) is 4.18. The van der Waals surface area contributed by atoms with Crippen LogP contribution in [0.4, 0.5) is 5.82 Å². The van der Waals surface area contributed by atoms with Crippen molar-refractivity contribution >= 4 is 44.3 Å². The highest BCUT2D eigenvalue weighted by Gasteiger charge is 2.12. The summed E-state index contributed by atoms with van der Waals surface area (Å²) in [6.07, 6.45) is 1.97. The van der Waals surface area contributed by atoms with Crippen LogP contribution in [0.25, 0.3) is 11.4 Å². The van der Waals surface area contributed by atoms with Gasteiger partial charge in [-0.25, -0.2) is 9.97 Å². The minimum atomic E-state index is 0.567. The normalized spacial score (nSPS) is 10.8. The molecule has 0 fully saturated rings. The average Bonchev–Trinajstić information content (AvgIpc) is 2.40. The third-order valence-electron chi connectivity index (χ3n) is 3.13. The first-order valence-corrected chi connectivity index (χ1v) is 8.40. The third-order valence-corrected chi connectivity index (χ3v) is 5.55. The van der Waals surface area contributed by atoms with E-state index in [9.17, 15) is 0 Å². The van der Waals surface area contributed by atoms with E-state index in [4.69, 9.17) is 10.7 Å². The second-order valence-corrected chi connectivity index (χ2v) is 6.74. The second kappa shape index (κ2) is 6.39. The Labute approximate surface area is 141 Å². The van der Waals surface area contributed by atoms with Crippen LogP contribution in [0.3, 0.4) is 0 Å². The van der Waals surface area contributed by atoms with Gasteiger partial charge in [0.25, 0.3) is 0 Å². The van der Waals surface area contributed by atoms with E-state index in [0.29, 0.717) is 11.6 Å². The van der Waals surface area contributed by atoms with Gasteiger partial charge in [-0.3, -0.25) is 0 Å². The molecule has 3 nitrogen and oxygen atoms in total. The van der Waals surface area contributed by atoms with Gasteiger partial charge in [-0.15, -0.1) is 0 Å². The van der Waals surface area contributed by atoms with Crippen molar-refractivity contribution in [2.75, 3.05) is 5.73 Å². The van der Waals surface area contributed by atoms with Gasteiger partial charge in [-0.05, 0) is 66.1 Å². The zero-order valence-corrected chi connectivity index (χ0v) is 15.5. The number of nitrogens with zero attached hydrogens (tertiary/aromatic N) is 2. The van der Waals surface area contributed by atoms with Crippen LogP contribution in [0.2, 0.25) is 0 Å². The molecule has 20 heavy (non-hydrogen) atoms. The van der Waals surface area contributed by atoms with Crippen molar-refractivity contribution in [2.24, 2.45) is 0 Å². The minimum absolute atomic E-state index is 0.567. The zero-order chi connectivity index (χ0) is 14.9. The van der Waals surface area contributed by atoms with E-state index < -0.39 is 0 Å². The van der Waals surface area contributed by atoms with Crippen LogP contribution in [-0.4, -0.2) is 9.97 Å². The number of aryl methyl sites for hydroxylation is 3. The number of benzene rings is 1. The molecule has 0 saturated carbocycles. The Kier molecular flexibility index (Phi) is 5.01. The summed E-state index contributed by atoms with van der Waals surface area (Å²) in [5.41, 5.74) is 10.4. The number of nitrogens with two attached hydrogens (primary N) is 1. The van der Waals surface area contributed by atoms with Gasteiger partial charge in [-0.1, -0.05) is 29.3 Å². The lowest BCUT2D eigenvalue weighted by atomic mass is 10.1. The van der Waals surface area contributed by atoms with Crippen molar-refractivity contribution in [3.8, 4) is 11.4 Å². The largest absolute Gasteiger partial charge is 0.383 e. The Balaban J connectivity index is 2.58. The molecule has 0 radical (unpaired) electrons. The van der Waals surface area contributed by atoms with Crippen LogP contribution in [0.5, 0.6) is 0 Å². The molecular formula is C15H17BrIN3. The lowest BCUT2D eigenvalue weighted by molar-refractivity contribution is 0.869. The molecule has 2 N–H and O–H groups in total. The SMILES string of the molecule is CCCc1nc(-c2cc(C)c(Br)c(C)c2)nc(N)c1I. The fourth-order valence-electron chi connectivity index (χ4n) is 2.12. The number of hydrogen-bond acceptors (Lipinski definition) is 3. The smallest absolute Gasteiger partial charge is 0.161 e. The Morgan fingerprint density at radius 3 is 2.35 bits per heavy atom. The van der Waals surface area contributed by atoms with Crippen molar-refractivity contribution in [3.05, 3.63) is 37.0 Å². The van der Waals surface area contributed by atoms with Crippen molar-refractivity contribution in [3.63, 3.8) is 0 Å². The summed E-state index contributed by atoms with van der Waals surface area (Å²) < 4.78 is 2.10. The van der Waals surface area contributed by atoms with Crippen LogP contribution in [-0.2, 0) is 6.42 Å². The van der Waals surface area contributed by atoms with Crippen molar-refractivity contribution < 1.29 is 0 Å². The first kappa shape index (κ1) is 15.7. The van der Waals surface area contributed by atoms with E-state index in [1.54, 1.807) is 0 Å². The van der Waals surface area contributed by atoms with Crippen LogP contribution in [0.1, 0.15) is 30.2 Å². The molecule has 106 valence electrons. The molecule has 0 aliphatic carbocycles. The first-order valence-electron chi connectivity index (χ1n) is 6.53. The molecule has 0 unspecified atom stereocenters. The highest BCUT2D eigenvalue weighted by Crippen LogP contribution is 2.28. The predicted molar refractivity (Wildman–Crippen MR) is 95.8 cm³/mol. The van der Waals surface area contributed by atoms with Crippen molar-refractivity contribution in [1.82, 2.24) is 9.97 Å². The van der Waals surface area contributed by atoms with Gasteiger partial charge in [0.05, 0.1) is 9.26 Å². The monoisotopic (exact) mass is 445 g/mol. The van der Waals surface area contributed by atoms with Gasteiger partial charge >= 0.3 is 0 Å². The molecule has 1 aromatic carbocycles. The number of halogens is 2. The Morgan fingerprint density at radius 2 is 1.80 bits per heavy atom. The third kappa shape index (κ3) is 3.14. The number of anilines is 1. The molecule has 1 aromatic heterocycles. The van der Waals surface area contributed by atoms with E-state index in [1.165, 1.54) is 11.1 Å². The maximum absolute atomic E-state index is 6.03. The molecule has 0 aliphatic heterocycles. The summed E-state index contributed by atoms with van der Waals surface area (Å²) in [5.74, 6) is 1.28. The Bertz CT molecular complexity index is 633. The Hall–Kier alpha value is -0.690. The molecular weight excluding hydrogens is 429 g/mol. The second-order valence-electron chi connectivity index (χ2n) is 4.87. The van der Waals surface area contributed by atoms with E-state index in [1.807, 2.05) is 0 Å². The van der Waals surface area contributed by atoms with Crippen molar-refractivity contribution in [2.45, 2.75) is 33.6 Å². The standard InChI is InChI=1S/C15H17BrIN3/c1-4-5-11-13(17)14(18)20-15(19-11)10-6-8(2)12(16)9(3)7-10/h6-7H,4-5H2,1-3H3,(H2,18,19,20). The maximum atomic E-state index is 6.03. The number of hydrogen-bond donors (Lipinski definition) is 1. The number of nitrogen functional groups attached to an aromatic ring is 1. The summed E-state index contributed by atoms with van der Waals surface area (Å²) in [6.45, 7) is 6.29. The highest BCUT2D eigenvalue weighted by atomic mass is 127. The van der Waals surface area contributed by atoms with Gasteiger partial charge in [0.1, 0.15) is 5.82 Å². The topological polar surface area (TPSA) is 51.8 Å². The summed E-state index contributed by atoms with van der Waals surface area (Å²) in [7, 11) is 0. The van der Waals surface area contributed by atoms with E-state index in [-0.39, 0.29) is 0 Å². The molecule has 5 heteroatoms. The van der Waals surface area contributed by atoms with Crippen LogP contribution in [0.15, 0.2) is 16.6 Å². The molecule has 0 atom stereocenters. The molecule has 0 amide bonds. The number of aromatic nitrogens is 2. The molecule has 0 saturated heterocycles. The molecule has 0 aliphatic rings. The lowest BCUT2D eigenvalue weighted by Gasteiger charge is -2.11. The van der Waals surface area contributed by atoms with Gasteiger partial charge in [-0.2, -0.15) is 0 Å². The molecule has 2 rings (SSSR count). The van der Waals surface area contributed by atoms with Crippen LogP contribution in [0, 0.1) is 17.4 Å². The van der Waals surface area contributed by atoms with Gasteiger partial charge in [0, 0.05) is 10.0 Å². The fourth-order valence-corrected chi connectivity index (χ4v) is 2.86. The quantitative estimate of drug-likeness (QED) is 0.699. The molecule has 0 spiro atoms. The average molecular weight is 446 g/mol. The van der Waals surface area contributed by atoms with Gasteiger partial charge in [0.15, 0.2) is 5.82 Å². The van der Waals surface area contributed by atoms with E-state index in [2.05, 4.69) is 76.4 Å². The van der Waals surface area contributed by atoms with Gasteiger partial charge in [0.2, 0.25) is 0 Å².